The van der Waals surface area contributed by atoms with Crippen LogP contribution in [0, 0.1) is 5.92 Å². The van der Waals surface area contributed by atoms with E-state index in [1.54, 1.807) is 47.4 Å². The molecule has 1 saturated heterocycles. The van der Waals surface area contributed by atoms with Gasteiger partial charge in [0.15, 0.2) is 5.78 Å². The van der Waals surface area contributed by atoms with Crippen molar-refractivity contribution in [3.8, 4) is 0 Å². The number of carbonyl (C=O) groups is 2. The van der Waals surface area contributed by atoms with E-state index in [-0.39, 0.29) is 24.2 Å². The maximum absolute atomic E-state index is 12.7. The Morgan fingerprint density at radius 1 is 0.968 bits per heavy atom. The molecule has 0 atom stereocenters. The molecule has 166 valence electrons. The van der Waals surface area contributed by atoms with Crippen molar-refractivity contribution in [2.24, 2.45) is 5.92 Å². The lowest BCUT2D eigenvalue weighted by Gasteiger charge is -2.31. The molecule has 0 aliphatic carbocycles. The van der Waals surface area contributed by atoms with Crippen molar-refractivity contribution in [2.75, 3.05) is 19.7 Å². The van der Waals surface area contributed by atoms with Crippen LogP contribution in [-0.4, -0.2) is 42.5 Å². The first-order valence-electron chi connectivity index (χ1n) is 9.66. The Balaban J connectivity index is 1.52. The van der Waals surface area contributed by atoms with Crippen molar-refractivity contribution in [3.63, 3.8) is 0 Å². The summed E-state index contributed by atoms with van der Waals surface area (Å²) < 4.78 is 41.0. The fourth-order valence-electron chi connectivity index (χ4n) is 3.44. The lowest BCUT2D eigenvalue weighted by atomic mass is 9.88. The molecule has 0 aromatic heterocycles. The largest absolute Gasteiger partial charge is 0.411 e. The van der Waals surface area contributed by atoms with Gasteiger partial charge in [-0.3, -0.25) is 9.59 Å². The van der Waals surface area contributed by atoms with Gasteiger partial charge in [0.25, 0.3) is 5.91 Å². The third kappa shape index (κ3) is 6.45. The van der Waals surface area contributed by atoms with E-state index >= 15 is 0 Å². The molecule has 31 heavy (non-hydrogen) atoms. The minimum absolute atomic E-state index is 0.0196. The van der Waals surface area contributed by atoms with Crippen LogP contribution in [0.15, 0.2) is 42.5 Å². The molecule has 0 spiro atoms. The van der Waals surface area contributed by atoms with Crippen LogP contribution in [0.2, 0.25) is 10.0 Å². The number of halogens is 5. The number of amides is 1. The molecule has 0 unspecified atom stereocenters. The number of piperidine rings is 1. The van der Waals surface area contributed by atoms with Crippen molar-refractivity contribution in [1.82, 2.24) is 4.90 Å². The average molecular weight is 474 g/mol. The van der Waals surface area contributed by atoms with E-state index in [1.807, 2.05) is 0 Å². The standard InChI is InChI=1S/C22H20Cl2F3NO3/c23-18-6-5-17(11-19(18)24)20(29)15-7-9-28(10-8-15)21(30)16-3-1-14(2-4-16)12-31-13-22(25,26)27/h1-6,11,15H,7-10,12-13H2. The summed E-state index contributed by atoms with van der Waals surface area (Å²) >= 11 is 11.9. The number of hydrogen-bond donors (Lipinski definition) is 0. The van der Waals surface area contributed by atoms with Gasteiger partial charge < -0.3 is 9.64 Å². The summed E-state index contributed by atoms with van der Waals surface area (Å²) in [6.07, 6.45) is -3.30. The number of likely N-dealkylation sites (tertiary alicyclic amines) is 1. The Morgan fingerprint density at radius 3 is 2.16 bits per heavy atom. The topological polar surface area (TPSA) is 46.6 Å². The molecule has 4 nitrogen and oxygen atoms in total. The number of hydrogen-bond acceptors (Lipinski definition) is 3. The summed E-state index contributed by atoms with van der Waals surface area (Å²) in [6, 6.07) is 11.1. The van der Waals surface area contributed by atoms with Crippen molar-refractivity contribution < 1.29 is 27.5 Å². The lowest BCUT2D eigenvalue weighted by molar-refractivity contribution is -0.176. The molecule has 2 aromatic rings. The summed E-state index contributed by atoms with van der Waals surface area (Å²) in [6.45, 7) is -0.625. The van der Waals surface area contributed by atoms with Gasteiger partial charge in [-0.05, 0) is 48.7 Å². The molecule has 0 radical (unpaired) electrons. The van der Waals surface area contributed by atoms with Crippen LogP contribution in [0.4, 0.5) is 13.2 Å². The normalized spacial score (nSPS) is 15.2. The van der Waals surface area contributed by atoms with Gasteiger partial charge >= 0.3 is 6.18 Å². The third-order valence-corrected chi connectivity index (χ3v) is 5.83. The predicted octanol–water partition coefficient (Wildman–Crippen LogP) is 5.81. The minimum atomic E-state index is -4.37. The quantitative estimate of drug-likeness (QED) is 0.497. The molecule has 0 N–H and O–H groups in total. The highest BCUT2D eigenvalue weighted by Crippen LogP contribution is 2.27. The molecule has 0 saturated carbocycles. The molecule has 1 aliphatic rings. The van der Waals surface area contributed by atoms with E-state index in [0.29, 0.717) is 52.7 Å². The van der Waals surface area contributed by atoms with Crippen LogP contribution in [0.5, 0.6) is 0 Å². The number of benzene rings is 2. The van der Waals surface area contributed by atoms with Gasteiger partial charge in [-0.25, -0.2) is 0 Å². The molecule has 1 heterocycles. The zero-order valence-electron chi connectivity index (χ0n) is 16.4. The first kappa shape index (κ1) is 23.6. The van der Waals surface area contributed by atoms with Gasteiger partial charge in [0, 0.05) is 30.1 Å². The fourth-order valence-corrected chi connectivity index (χ4v) is 3.74. The number of carbonyl (C=O) groups excluding carboxylic acids is 2. The van der Waals surface area contributed by atoms with E-state index in [4.69, 9.17) is 23.2 Å². The SMILES string of the molecule is O=C(c1ccc(Cl)c(Cl)c1)C1CCN(C(=O)c2ccc(COCC(F)(F)F)cc2)CC1. The molecule has 3 rings (SSSR count). The second-order valence-electron chi connectivity index (χ2n) is 7.36. The highest BCUT2D eigenvalue weighted by molar-refractivity contribution is 6.42. The van der Waals surface area contributed by atoms with E-state index in [9.17, 15) is 22.8 Å². The van der Waals surface area contributed by atoms with Crippen LogP contribution in [0.3, 0.4) is 0 Å². The summed E-state index contributed by atoms with van der Waals surface area (Å²) in [5, 5.41) is 0.712. The molecule has 1 amide bonds. The van der Waals surface area contributed by atoms with Gasteiger partial charge in [0.1, 0.15) is 6.61 Å². The van der Waals surface area contributed by atoms with Gasteiger partial charge in [-0.1, -0.05) is 35.3 Å². The number of ketones is 1. The minimum Gasteiger partial charge on any atom is -0.367 e. The first-order valence-corrected chi connectivity index (χ1v) is 10.4. The van der Waals surface area contributed by atoms with Gasteiger partial charge in [-0.2, -0.15) is 13.2 Å². The van der Waals surface area contributed by atoms with E-state index in [0.717, 1.165) is 0 Å². The van der Waals surface area contributed by atoms with Crippen molar-refractivity contribution in [2.45, 2.75) is 25.6 Å². The Morgan fingerprint density at radius 2 is 1.58 bits per heavy atom. The number of Topliss-reactive ketones (excluding diaryl/α,β-unsaturated/α-hetero) is 1. The average Bonchev–Trinajstić information content (AvgIpc) is 2.74. The van der Waals surface area contributed by atoms with E-state index in [2.05, 4.69) is 4.74 Å². The maximum atomic E-state index is 12.7. The summed E-state index contributed by atoms with van der Waals surface area (Å²) in [5.74, 6) is -0.397. The zero-order valence-corrected chi connectivity index (χ0v) is 17.9. The van der Waals surface area contributed by atoms with Crippen LogP contribution in [0.25, 0.3) is 0 Å². The Bertz CT molecular complexity index is 940. The molecule has 0 bridgehead atoms. The lowest BCUT2D eigenvalue weighted by Crippen LogP contribution is -2.40. The summed E-state index contributed by atoms with van der Waals surface area (Å²) in [4.78, 5) is 27.1. The molecule has 1 fully saturated rings. The Labute approximate surface area is 187 Å². The molecular weight excluding hydrogens is 454 g/mol. The number of rotatable bonds is 6. The van der Waals surface area contributed by atoms with Crippen LogP contribution >= 0.6 is 23.2 Å². The van der Waals surface area contributed by atoms with Crippen LogP contribution in [0.1, 0.15) is 39.1 Å². The maximum Gasteiger partial charge on any atom is 0.411 e. The molecular formula is C22H20Cl2F3NO3. The van der Waals surface area contributed by atoms with E-state index < -0.39 is 12.8 Å². The monoisotopic (exact) mass is 473 g/mol. The van der Waals surface area contributed by atoms with Gasteiger partial charge in [0.05, 0.1) is 16.7 Å². The second-order valence-corrected chi connectivity index (χ2v) is 8.18. The highest BCUT2D eigenvalue weighted by atomic mass is 35.5. The number of ether oxygens (including phenoxy) is 1. The Kier molecular flexibility index (Phi) is 7.62. The van der Waals surface area contributed by atoms with E-state index in [1.165, 1.54) is 0 Å². The second kappa shape index (κ2) is 10.0. The first-order chi connectivity index (χ1) is 14.6. The summed E-state index contributed by atoms with van der Waals surface area (Å²) in [5.41, 5.74) is 1.49. The predicted molar refractivity (Wildman–Crippen MR) is 112 cm³/mol. The van der Waals surface area contributed by atoms with Crippen molar-refractivity contribution >= 4 is 34.9 Å². The smallest absolute Gasteiger partial charge is 0.367 e. The highest BCUT2D eigenvalue weighted by Gasteiger charge is 2.29. The molecule has 9 heteroatoms. The van der Waals surface area contributed by atoms with Gasteiger partial charge in [-0.15, -0.1) is 0 Å². The van der Waals surface area contributed by atoms with Crippen LogP contribution < -0.4 is 0 Å². The number of nitrogens with zero attached hydrogens (tertiary/aromatic N) is 1. The zero-order chi connectivity index (χ0) is 22.6. The Hall–Kier alpha value is -2.09. The van der Waals surface area contributed by atoms with Crippen LogP contribution in [-0.2, 0) is 11.3 Å². The van der Waals surface area contributed by atoms with Gasteiger partial charge in [0.2, 0.25) is 0 Å². The molecule has 2 aromatic carbocycles. The fraction of sp³-hybridized carbons (Fsp3) is 0.364. The van der Waals surface area contributed by atoms with Crippen molar-refractivity contribution in [1.29, 1.82) is 0 Å². The van der Waals surface area contributed by atoms with Crippen molar-refractivity contribution in [3.05, 3.63) is 69.2 Å². The third-order valence-electron chi connectivity index (χ3n) is 5.09. The summed E-state index contributed by atoms with van der Waals surface area (Å²) in [7, 11) is 0. The number of alkyl halides is 3. The molecule has 1 aliphatic heterocycles.